The fraction of sp³-hybridized carbons (Fsp3) is 0.400. The van der Waals surface area contributed by atoms with Crippen molar-refractivity contribution in [3.63, 3.8) is 0 Å². The fourth-order valence-corrected chi connectivity index (χ4v) is 8.36. The number of ether oxygens (including phenoxy) is 1. The van der Waals surface area contributed by atoms with Crippen molar-refractivity contribution in [3.05, 3.63) is 72.8 Å². The van der Waals surface area contributed by atoms with Crippen LogP contribution in [0.3, 0.4) is 0 Å². The van der Waals surface area contributed by atoms with Crippen molar-refractivity contribution in [2.45, 2.75) is 51.7 Å². The summed E-state index contributed by atoms with van der Waals surface area (Å²) in [6.07, 6.45) is 3.29. The second-order valence-corrected chi connectivity index (χ2v) is 12.6. The molecule has 0 radical (unpaired) electrons. The quantitative estimate of drug-likeness (QED) is 0.272. The Balaban J connectivity index is 2.16. The van der Waals surface area contributed by atoms with Gasteiger partial charge in [0.25, 0.3) is 8.32 Å². The minimum atomic E-state index is -2.54. The standard InChI is InChI=1S/C25H34O4Si/c1-5-28-24(27)19-18-21(26)13-12-20-29-30(25(2,3)4,22-14-8-6-9-15-22)23-16-10-7-11-17-23/h6-11,14-19,21,26H,5,12-13,20H2,1-4H3/b19-18+/t21-/m1/s1. The van der Waals surface area contributed by atoms with E-state index in [9.17, 15) is 9.90 Å². The third-order valence-electron chi connectivity index (χ3n) is 5.12. The molecule has 0 aliphatic heterocycles. The van der Waals surface area contributed by atoms with Crippen molar-refractivity contribution in [1.82, 2.24) is 0 Å². The molecule has 0 spiro atoms. The maximum Gasteiger partial charge on any atom is 0.330 e. The van der Waals surface area contributed by atoms with Crippen LogP contribution in [0, 0.1) is 0 Å². The van der Waals surface area contributed by atoms with Gasteiger partial charge in [-0.15, -0.1) is 0 Å². The molecule has 1 atom stereocenters. The molecule has 2 aromatic carbocycles. The summed E-state index contributed by atoms with van der Waals surface area (Å²) in [7, 11) is -2.54. The number of aliphatic hydroxyl groups is 1. The van der Waals surface area contributed by atoms with Crippen molar-refractivity contribution < 1.29 is 19.1 Å². The average Bonchev–Trinajstić information content (AvgIpc) is 2.73. The summed E-state index contributed by atoms with van der Waals surface area (Å²) >= 11 is 0. The highest BCUT2D eigenvalue weighted by Gasteiger charge is 2.49. The highest BCUT2D eigenvalue weighted by atomic mass is 28.4. The van der Waals surface area contributed by atoms with E-state index in [0.29, 0.717) is 26.1 Å². The molecule has 2 rings (SSSR count). The molecular formula is C25H34O4Si. The van der Waals surface area contributed by atoms with E-state index in [1.54, 1.807) is 6.92 Å². The number of aliphatic hydroxyl groups excluding tert-OH is 1. The Morgan fingerprint density at radius 3 is 2.03 bits per heavy atom. The van der Waals surface area contributed by atoms with Gasteiger partial charge in [0, 0.05) is 12.7 Å². The molecule has 162 valence electrons. The zero-order valence-electron chi connectivity index (χ0n) is 18.5. The number of hydrogen-bond acceptors (Lipinski definition) is 4. The molecule has 1 N–H and O–H groups in total. The van der Waals surface area contributed by atoms with Gasteiger partial charge >= 0.3 is 5.97 Å². The van der Waals surface area contributed by atoms with E-state index in [-0.39, 0.29) is 5.04 Å². The van der Waals surface area contributed by atoms with Crippen LogP contribution in [-0.2, 0) is 14.0 Å². The van der Waals surface area contributed by atoms with Gasteiger partial charge in [0.05, 0.1) is 12.7 Å². The van der Waals surface area contributed by atoms with Crippen molar-refractivity contribution in [1.29, 1.82) is 0 Å². The molecule has 0 amide bonds. The maximum absolute atomic E-state index is 11.4. The van der Waals surface area contributed by atoms with Crippen LogP contribution in [-0.4, -0.2) is 38.7 Å². The van der Waals surface area contributed by atoms with Crippen LogP contribution < -0.4 is 10.4 Å². The molecule has 2 aromatic rings. The van der Waals surface area contributed by atoms with Gasteiger partial charge < -0.3 is 14.3 Å². The van der Waals surface area contributed by atoms with E-state index in [1.165, 1.54) is 22.5 Å². The van der Waals surface area contributed by atoms with E-state index in [1.807, 2.05) is 12.1 Å². The van der Waals surface area contributed by atoms with Crippen molar-refractivity contribution >= 4 is 24.7 Å². The van der Waals surface area contributed by atoms with E-state index >= 15 is 0 Å². The number of benzene rings is 2. The fourth-order valence-electron chi connectivity index (χ4n) is 3.76. The molecule has 0 saturated carbocycles. The van der Waals surface area contributed by atoms with Crippen molar-refractivity contribution in [2.24, 2.45) is 0 Å². The van der Waals surface area contributed by atoms with Crippen LogP contribution in [0.25, 0.3) is 0 Å². The first kappa shape index (κ1) is 24.1. The highest BCUT2D eigenvalue weighted by molar-refractivity contribution is 6.99. The minimum Gasteiger partial charge on any atom is -0.463 e. The largest absolute Gasteiger partial charge is 0.463 e. The van der Waals surface area contributed by atoms with Gasteiger partial charge in [0.15, 0.2) is 0 Å². The minimum absolute atomic E-state index is 0.0713. The second-order valence-electron chi connectivity index (χ2n) is 8.33. The first-order chi connectivity index (χ1) is 14.3. The molecule has 0 heterocycles. The Labute approximate surface area is 181 Å². The highest BCUT2D eigenvalue weighted by Crippen LogP contribution is 2.36. The Bertz CT molecular complexity index is 757. The summed E-state index contributed by atoms with van der Waals surface area (Å²) in [5, 5.41) is 12.6. The number of hydrogen-bond donors (Lipinski definition) is 1. The molecule has 0 fully saturated rings. The van der Waals surface area contributed by atoms with Gasteiger partial charge in [0.2, 0.25) is 0 Å². The first-order valence-corrected chi connectivity index (χ1v) is 12.5. The van der Waals surface area contributed by atoms with Gasteiger partial charge in [0.1, 0.15) is 0 Å². The van der Waals surface area contributed by atoms with Crippen LogP contribution in [0.5, 0.6) is 0 Å². The number of rotatable bonds is 10. The lowest BCUT2D eigenvalue weighted by Gasteiger charge is -2.43. The molecule has 0 bridgehead atoms. The molecule has 0 aliphatic carbocycles. The summed E-state index contributed by atoms with van der Waals surface area (Å²) in [5.74, 6) is -0.430. The third kappa shape index (κ3) is 6.14. The van der Waals surface area contributed by atoms with Crippen molar-refractivity contribution in [3.8, 4) is 0 Å². The van der Waals surface area contributed by atoms with Gasteiger partial charge in [-0.25, -0.2) is 4.79 Å². The zero-order valence-corrected chi connectivity index (χ0v) is 19.5. The molecule has 4 nitrogen and oxygen atoms in total. The van der Waals surface area contributed by atoms with E-state index in [0.717, 1.165) is 0 Å². The second kappa shape index (κ2) is 11.3. The lowest BCUT2D eigenvalue weighted by molar-refractivity contribution is -0.137. The van der Waals surface area contributed by atoms with Crippen LogP contribution in [0.15, 0.2) is 72.8 Å². The van der Waals surface area contributed by atoms with E-state index in [4.69, 9.17) is 9.16 Å². The van der Waals surface area contributed by atoms with Gasteiger partial charge in [-0.3, -0.25) is 0 Å². The average molecular weight is 427 g/mol. The van der Waals surface area contributed by atoms with Gasteiger partial charge in [-0.1, -0.05) is 81.4 Å². The van der Waals surface area contributed by atoms with Crippen molar-refractivity contribution in [2.75, 3.05) is 13.2 Å². The van der Waals surface area contributed by atoms with E-state index < -0.39 is 20.4 Å². The first-order valence-electron chi connectivity index (χ1n) is 10.6. The topological polar surface area (TPSA) is 55.8 Å². The third-order valence-corrected chi connectivity index (χ3v) is 10.2. The van der Waals surface area contributed by atoms with Crippen LogP contribution >= 0.6 is 0 Å². The summed E-state index contributed by atoms with van der Waals surface area (Å²) in [6, 6.07) is 21.0. The monoisotopic (exact) mass is 426 g/mol. The van der Waals surface area contributed by atoms with Crippen LogP contribution in [0.1, 0.15) is 40.5 Å². The lowest BCUT2D eigenvalue weighted by atomic mass is 10.2. The summed E-state index contributed by atoms with van der Waals surface area (Å²) in [4.78, 5) is 11.4. The number of carbonyl (C=O) groups excluding carboxylic acids is 1. The van der Waals surface area contributed by atoms with Gasteiger partial charge in [-0.05, 0) is 41.3 Å². The van der Waals surface area contributed by atoms with Crippen LogP contribution in [0.2, 0.25) is 5.04 Å². The molecule has 0 unspecified atom stereocenters. The molecular weight excluding hydrogens is 392 g/mol. The number of carbonyl (C=O) groups is 1. The predicted molar refractivity (Wildman–Crippen MR) is 125 cm³/mol. The maximum atomic E-state index is 11.4. The van der Waals surface area contributed by atoms with Crippen LogP contribution in [0.4, 0.5) is 0 Å². The Morgan fingerprint density at radius 1 is 1.03 bits per heavy atom. The molecule has 5 heteroatoms. The Morgan fingerprint density at radius 2 is 1.57 bits per heavy atom. The summed E-state index contributed by atoms with van der Waals surface area (Å²) in [5.41, 5.74) is 0. The predicted octanol–water partition coefficient (Wildman–Crippen LogP) is 3.82. The normalized spacial score (nSPS) is 13.4. The molecule has 0 aromatic heterocycles. The zero-order chi connectivity index (χ0) is 22.0. The summed E-state index contributed by atoms with van der Waals surface area (Å²) < 4.78 is 11.6. The Hall–Kier alpha value is -2.21. The number of esters is 1. The molecule has 0 saturated heterocycles. The van der Waals surface area contributed by atoms with Gasteiger partial charge in [-0.2, -0.15) is 0 Å². The SMILES string of the molecule is CCOC(=O)/C=C/[C@H](O)CCCO[Si](c1ccccc1)(c1ccccc1)C(C)(C)C. The Kier molecular flexibility index (Phi) is 9.02. The van der Waals surface area contributed by atoms with E-state index in [2.05, 4.69) is 69.3 Å². The summed E-state index contributed by atoms with van der Waals surface area (Å²) in [6.45, 7) is 9.36. The molecule has 0 aliphatic rings. The smallest absolute Gasteiger partial charge is 0.330 e. The molecule has 30 heavy (non-hydrogen) atoms. The lowest BCUT2D eigenvalue weighted by Crippen LogP contribution is -2.66.